The van der Waals surface area contributed by atoms with Gasteiger partial charge in [0.2, 0.25) is 0 Å². The van der Waals surface area contributed by atoms with Gasteiger partial charge in [0.1, 0.15) is 11.6 Å². The Balaban J connectivity index is -0.000000320. The molecule has 0 aromatic heterocycles. The first kappa shape index (κ1) is 30.8. The van der Waals surface area contributed by atoms with Gasteiger partial charge in [-0.3, -0.25) is 9.59 Å². The summed E-state index contributed by atoms with van der Waals surface area (Å²) in [6.07, 6.45) is 1.32. The van der Waals surface area contributed by atoms with Crippen LogP contribution < -0.4 is 10.2 Å². The Bertz CT molecular complexity index is 381. The minimum absolute atomic E-state index is 0.317. The zero-order valence-corrected chi connectivity index (χ0v) is 19.9. The van der Waals surface area contributed by atoms with Gasteiger partial charge in [0, 0.05) is 0 Å². The van der Waals surface area contributed by atoms with Crippen molar-refractivity contribution in [3.8, 4) is 0 Å². The molecule has 0 amide bonds. The van der Waals surface area contributed by atoms with E-state index in [0.29, 0.717) is 25.0 Å². The van der Waals surface area contributed by atoms with Crippen LogP contribution in [0, 0.1) is 11.8 Å². The number of hydrogen-bond acceptors (Lipinski definition) is 8. The van der Waals surface area contributed by atoms with Crippen LogP contribution in [-0.2, 0) is 48.9 Å². The number of hydrogen-bond donors (Lipinski definition) is 0. The van der Waals surface area contributed by atoms with Gasteiger partial charge in [-0.1, -0.05) is 13.8 Å². The van der Waals surface area contributed by atoms with E-state index in [1.807, 2.05) is 27.7 Å². The molecule has 0 aliphatic carbocycles. The fraction of sp³-hybridized carbons (Fsp3) is 0.778. The molecule has 156 valence electrons. The summed E-state index contributed by atoms with van der Waals surface area (Å²) in [6, 6.07) is 0. The zero-order chi connectivity index (χ0) is 22.2. The monoisotopic (exact) mass is 466 g/mol. The maximum Gasteiger partial charge on any atom is 0.138 e. The summed E-state index contributed by atoms with van der Waals surface area (Å²) in [5.74, 6) is -5.04. The Morgan fingerprint density at radius 3 is 1.07 bits per heavy atom. The Morgan fingerprint density at radius 2 is 1.00 bits per heavy atom. The van der Waals surface area contributed by atoms with Crippen LogP contribution in [0.5, 0.6) is 0 Å². The second-order valence-electron chi connectivity index (χ2n) is 6.20. The molecule has 0 fully saturated rings. The number of ketones is 2. The molecule has 27 heavy (non-hydrogen) atoms. The Kier molecular flexibility index (Phi) is 21.0. The van der Waals surface area contributed by atoms with E-state index in [1.165, 1.54) is 13.8 Å². The van der Waals surface area contributed by atoms with E-state index in [2.05, 4.69) is 0 Å². The van der Waals surface area contributed by atoms with Crippen LogP contribution in [0.3, 0.4) is 0 Å². The van der Waals surface area contributed by atoms with Crippen molar-refractivity contribution in [2.45, 2.75) is 80.4 Å². The van der Waals surface area contributed by atoms with Gasteiger partial charge in [-0.05, 0) is 26.7 Å². The molecule has 0 N–H and O–H groups in total. The molecule has 0 radical (unpaired) electrons. The molecule has 9 heteroatoms. The summed E-state index contributed by atoms with van der Waals surface area (Å²) in [5, 5.41) is 20.1. The molecule has 0 heterocycles. The van der Waals surface area contributed by atoms with Crippen LogP contribution in [0.4, 0.5) is 0 Å². The fourth-order valence-corrected chi connectivity index (χ4v) is 2.54. The minimum atomic E-state index is -1.27. The third-order valence-corrected chi connectivity index (χ3v) is 5.73. The number of Topliss-reactive ketones (excluding diaryl/α,β-unsaturated/α-hetero) is 2. The van der Waals surface area contributed by atoms with Crippen molar-refractivity contribution in [3.05, 3.63) is 0 Å². The van der Waals surface area contributed by atoms with Crippen LogP contribution in [0.1, 0.15) is 68.2 Å². The molecule has 2 unspecified atom stereocenters. The molecule has 0 bridgehead atoms. The molecule has 0 aromatic rings. The largest absolute Gasteiger partial charge is 0.549 e. The second-order valence-corrected chi connectivity index (χ2v) is 7.77. The average Bonchev–Trinajstić information content (AvgIpc) is 2.47. The predicted octanol–water partition coefficient (Wildman–Crippen LogP) is 0.452. The van der Waals surface area contributed by atoms with E-state index in [4.69, 9.17) is 5.63 Å². The summed E-state index contributed by atoms with van der Waals surface area (Å²) in [7, 11) is 0. The molecular formula is C18H32O8Zr. The third kappa shape index (κ3) is 21.2. The molecule has 0 spiro atoms. The van der Waals surface area contributed by atoms with E-state index in [0.717, 1.165) is 0 Å². The van der Waals surface area contributed by atoms with Gasteiger partial charge in [0.05, 0.1) is 23.8 Å². The van der Waals surface area contributed by atoms with E-state index in [9.17, 15) is 29.4 Å². The molecule has 0 aliphatic rings. The minimum Gasteiger partial charge on any atom is -0.549 e. The smallest absolute Gasteiger partial charge is 0.138 e. The summed E-state index contributed by atoms with van der Waals surface area (Å²) >= 11 is -0.929. The molecule has 0 aliphatic heterocycles. The van der Waals surface area contributed by atoms with Crippen molar-refractivity contribution < 1.29 is 59.1 Å². The molecule has 0 saturated heterocycles. The van der Waals surface area contributed by atoms with Crippen molar-refractivity contribution in [1.82, 2.24) is 0 Å². The number of carboxylic acid groups (broad SMARTS) is 2. The van der Waals surface area contributed by atoms with Gasteiger partial charge in [0.25, 0.3) is 0 Å². The van der Waals surface area contributed by atoms with Gasteiger partial charge in [-0.2, -0.15) is 0 Å². The Hall–Kier alpha value is -0.917. The molecular weight excluding hydrogens is 435 g/mol. The second kappa shape index (κ2) is 18.4. The van der Waals surface area contributed by atoms with Crippen LogP contribution in [0.15, 0.2) is 0 Å². The maximum atomic E-state index is 10.4. The Morgan fingerprint density at radius 1 is 0.741 bits per heavy atom. The molecule has 8 nitrogen and oxygen atoms in total. The topological polar surface area (TPSA) is 133 Å². The quantitative estimate of drug-likeness (QED) is 0.423. The van der Waals surface area contributed by atoms with Gasteiger partial charge in [-0.25, -0.2) is 0 Å². The first-order valence-electron chi connectivity index (χ1n) is 8.80. The van der Waals surface area contributed by atoms with E-state index >= 15 is 0 Å². The SMILES string of the molecule is CC(C)[O][Zr+2][O]C(C)C.CCC(C(C)=O)C(=O)[O-].CCC(C(C)=O)C(=O)[O-]. The summed E-state index contributed by atoms with van der Waals surface area (Å²) in [6.45, 7) is 13.9. The van der Waals surface area contributed by atoms with Crippen LogP contribution in [0.2, 0.25) is 0 Å². The van der Waals surface area contributed by atoms with Crippen molar-refractivity contribution in [2.24, 2.45) is 11.8 Å². The summed E-state index contributed by atoms with van der Waals surface area (Å²) in [5.41, 5.74) is 0. The number of carboxylic acids is 2. The molecule has 0 saturated carbocycles. The van der Waals surface area contributed by atoms with Crippen LogP contribution in [-0.4, -0.2) is 35.7 Å². The Labute approximate surface area is 174 Å². The van der Waals surface area contributed by atoms with Crippen molar-refractivity contribution >= 4 is 23.5 Å². The summed E-state index contributed by atoms with van der Waals surface area (Å²) in [4.78, 5) is 40.9. The van der Waals surface area contributed by atoms with Crippen molar-refractivity contribution in [3.63, 3.8) is 0 Å². The van der Waals surface area contributed by atoms with Crippen LogP contribution in [0.25, 0.3) is 0 Å². The van der Waals surface area contributed by atoms with Gasteiger partial charge in [-0.15, -0.1) is 0 Å². The molecule has 0 aromatic carbocycles. The third-order valence-electron chi connectivity index (χ3n) is 2.93. The fourth-order valence-electron chi connectivity index (χ4n) is 1.46. The number of carbonyl (C=O) groups is 4. The van der Waals surface area contributed by atoms with Gasteiger partial charge >= 0.3 is 69.6 Å². The van der Waals surface area contributed by atoms with Gasteiger partial charge in [0.15, 0.2) is 0 Å². The normalized spacial score (nSPS) is 11.9. The number of rotatable bonds is 10. The van der Waals surface area contributed by atoms with E-state index in [1.54, 1.807) is 13.8 Å². The average molecular weight is 468 g/mol. The van der Waals surface area contributed by atoms with E-state index < -0.39 is 47.9 Å². The standard InChI is InChI=1S/2C6H10O3.2C3H7O.Zr/c2*1-3-5(4(2)7)6(8)9;2*1-3(2)4;/h2*5H,3H2,1-2H3,(H,8,9);2*3H,1-2H3;/q;;2*-1;+4/p-2. The number of carbonyl (C=O) groups excluding carboxylic acids is 4. The molecule has 2 atom stereocenters. The van der Waals surface area contributed by atoms with Crippen molar-refractivity contribution in [2.75, 3.05) is 0 Å². The van der Waals surface area contributed by atoms with Crippen LogP contribution >= 0.6 is 0 Å². The summed E-state index contributed by atoms with van der Waals surface area (Å²) < 4.78 is 10.6. The maximum absolute atomic E-state index is 10.4. The van der Waals surface area contributed by atoms with Crippen molar-refractivity contribution in [1.29, 1.82) is 0 Å². The zero-order valence-electron chi connectivity index (χ0n) is 17.5. The first-order chi connectivity index (χ1) is 12.3. The predicted molar refractivity (Wildman–Crippen MR) is 91.4 cm³/mol. The molecule has 0 rings (SSSR count). The van der Waals surface area contributed by atoms with Gasteiger partial charge < -0.3 is 19.8 Å². The van der Waals surface area contributed by atoms with E-state index in [-0.39, 0.29) is 11.6 Å². The first-order valence-corrected chi connectivity index (χ1v) is 10.8. The number of aliphatic carboxylic acids is 2.